The molecule has 1 nitrogen and oxygen atoms in total. The minimum atomic E-state index is 0.883. The van der Waals surface area contributed by atoms with E-state index in [1.807, 2.05) is 13.8 Å². The molecule has 0 saturated carbocycles. The summed E-state index contributed by atoms with van der Waals surface area (Å²) in [6.45, 7) is 12.3. The first kappa shape index (κ1) is 17.4. The van der Waals surface area contributed by atoms with Crippen molar-refractivity contribution in [2.24, 2.45) is 11.8 Å². The van der Waals surface area contributed by atoms with Crippen LogP contribution in [0.25, 0.3) is 0 Å². The summed E-state index contributed by atoms with van der Waals surface area (Å²) in [6, 6.07) is 0. The van der Waals surface area contributed by atoms with E-state index in [2.05, 4.69) is 39.8 Å². The van der Waals surface area contributed by atoms with Crippen molar-refractivity contribution in [2.75, 3.05) is 20.6 Å². The summed E-state index contributed by atoms with van der Waals surface area (Å²) in [6.07, 6.45) is 5.49. The fourth-order valence-electron chi connectivity index (χ4n) is 1.56. The quantitative estimate of drug-likeness (QED) is 0.607. The Labute approximate surface area is 98.2 Å². The van der Waals surface area contributed by atoms with Crippen molar-refractivity contribution >= 4 is 0 Å². The molecule has 0 aromatic rings. The van der Waals surface area contributed by atoms with Crippen molar-refractivity contribution in [3.63, 3.8) is 0 Å². The Morgan fingerprint density at radius 2 is 1.40 bits per heavy atom. The lowest BCUT2D eigenvalue weighted by molar-refractivity contribution is 0.289. The third-order valence-corrected chi connectivity index (χ3v) is 3.02. The van der Waals surface area contributed by atoms with E-state index in [1.54, 1.807) is 0 Å². The zero-order valence-corrected chi connectivity index (χ0v) is 12.1. The normalized spacial score (nSPS) is 14.4. The molecule has 0 heterocycles. The molecule has 0 amide bonds. The van der Waals surface area contributed by atoms with Gasteiger partial charge in [-0.15, -0.1) is 0 Å². The summed E-state index contributed by atoms with van der Waals surface area (Å²) in [7, 11) is 4.31. The second kappa shape index (κ2) is 12.0. The van der Waals surface area contributed by atoms with Gasteiger partial charge in [-0.25, -0.2) is 0 Å². The highest BCUT2D eigenvalue weighted by atomic mass is 15.0. The predicted molar refractivity (Wildman–Crippen MR) is 72.4 cm³/mol. The Hall–Kier alpha value is -0.0400. The van der Waals surface area contributed by atoms with Gasteiger partial charge in [0.2, 0.25) is 0 Å². The minimum absolute atomic E-state index is 0.883. The molecule has 0 aromatic heterocycles. The van der Waals surface area contributed by atoms with Crippen LogP contribution in [0.15, 0.2) is 0 Å². The van der Waals surface area contributed by atoms with E-state index in [-0.39, 0.29) is 0 Å². The van der Waals surface area contributed by atoms with Gasteiger partial charge in [0.1, 0.15) is 0 Å². The molecule has 0 radical (unpaired) electrons. The molecule has 0 aliphatic rings. The molecule has 15 heavy (non-hydrogen) atoms. The number of unbranched alkanes of at least 4 members (excludes halogenated alkanes) is 1. The summed E-state index contributed by atoms with van der Waals surface area (Å²) in [5.74, 6) is 1.79. The summed E-state index contributed by atoms with van der Waals surface area (Å²) >= 11 is 0. The fourth-order valence-corrected chi connectivity index (χ4v) is 1.56. The molecule has 0 spiro atoms. The van der Waals surface area contributed by atoms with Crippen LogP contribution in [-0.4, -0.2) is 25.5 Å². The van der Waals surface area contributed by atoms with Gasteiger partial charge in [-0.05, 0) is 38.9 Å². The summed E-state index contributed by atoms with van der Waals surface area (Å²) < 4.78 is 0. The average Bonchev–Trinajstić information content (AvgIpc) is 2.25. The largest absolute Gasteiger partial charge is 0.309 e. The third-order valence-electron chi connectivity index (χ3n) is 3.02. The molecule has 2 unspecified atom stereocenters. The molecule has 0 aromatic carbocycles. The van der Waals surface area contributed by atoms with Crippen molar-refractivity contribution in [1.82, 2.24) is 4.90 Å². The second-order valence-corrected chi connectivity index (χ2v) is 4.69. The summed E-state index contributed by atoms with van der Waals surface area (Å²) in [5, 5.41) is 0. The number of nitrogens with zero attached hydrogens (tertiary/aromatic N) is 1. The topological polar surface area (TPSA) is 3.24 Å². The zero-order chi connectivity index (χ0) is 12.3. The van der Waals surface area contributed by atoms with Crippen LogP contribution in [0.5, 0.6) is 0 Å². The van der Waals surface area contributed by atoms with Crippen molar-refractivity contribution in [2.45, 2.75) is 60.3 Å². The van der Waals surface area contributed by atoms with Crippen LogP contribution in [0.1, 0.15) is 60.3 Å². The van der Waals surface area contributed by atoms with Crippen LogP contribution < -0.4 is 0 Å². The van der Waals surface area contributed by atoms with Gasteiger partial charge in [0.25, 0.3) is 0 Å². The van der Waals surface area contributed by atoms with E-state index >= 15 is 0 Å². The first-order valence-electron chi connectivity index (χ1n) is 6.72. The standard InChI is InChI=1S/C12H27N.C2H6/c1-6-7-8-11(2)12(3)9-10-13(4)5;1-2/h11-12H,6-10H2,1-5H3;1-2H3. The Bertz CT molecular complexity index is 110. The molecule has 0 bridgehead atoms. The molecule has 94 valence electrons. The monoisotopic (exact) mass is 215 g/mol. The van der Waals surface area contributed by atoms with Crippen molar-refractivity contribution in [1.29, 1.82) is 0 Å². The molecular weight excluding hydrogens is 182 g/mol. The Morgan fingerprint density at radius 3 is 1.80 bits per heavy atom. The zero-order valence-electron chi connectivity index (χ0n) is 12.1. The second-order valence-electron chi connectivity index (χ2n) is 4.69. The van der Waals surface area contributed by atoms with Gasteiger partial charge in [-0.2, -0.15) is 0 Å². The van der Waals surface area contributed by atoms with E-state index in [4.69, 9.17) is 0 Å². The van der Waals surface area contributed by atoms with Crippen molar-refractivity contribution in [3.8, 4) is 0 Å². The first-order valence-corrected chi connectivity index (χ1v) is 6.72. The van der Waals surface area contributed by atoms with E-state index in [0.29, 0.717) is 0 Å². The van der Waals surface area contributed by atoms with E-state index in [0.717, 1.165) is 11.8 Å². The van der Waals surface area contributed by atoms with Gasteiger partial charge in [-0.1, -0.05) is 53.9 Å². The molecule has 1 heteroatoms. The van der Waals surface area contributed by atoms with Gasteiger partial charge < -0.3 is 4.90 Å². The highest BCUT2D eigenvalue weighted by molar-refractivity contribution is 4.63. The maximum atomic E-state index is 2.40. The highest BCUT2D eigenvalue weighted by Crippen LogP contribution is 2.20. The molecule has 0 aliphatic carbocycles. The summed E-state index contributed by atoms with van der Waals surface area (Å²) in [4.78, 5) is 2.28. The van der Waals surface area contributed by atoms with Gasteiger partial charge >= 0.3 is 0 Å². The lowest BCUT2D eigenvalue weighted by Crippen LogP contribution is -2.18. The van der Waals surface area contributed by atoms with Crippen molar-refractivity contribution in [3.05, 3.63) is 0 Å². The molecule has 0 saturated heterocycles. The molecule has 0 rings (SSSR count). The Morgan fingerprint density at radius 1 is 0.933 bits per heavy atom. The maximum absolute atomic E-state index is 2.40. The van der Waals surface area contributed by atoms with Gasteiger partial charge in [0.05, 0.1) is 0 Å². The first-order chi connectivity index (χ1) is 7.07. The van der Waals surface area contributed by atoms with Crippen molar-refractivity contribution < 1.29 is 0 Å². The van der Waals surface area contributed by atoms with Gasteiger partial charge in [-0.3, -0.25) is 0 Å². The molecular formula is C14H33N. The van der Waals surface area contributed by atoms with Gasteiger partial charge in [0.15, 0.2) is 0 Å². The van der Waals surface area contributed by atoms with Crippen LogP contribution in [0.2, 0.25) is 0 Å². The Kier molecular flexibility index (Phi) is 13.9. The number of hydrogen-bond acceptors (Lipinski definition) is 1. The molecule has 2 atom stereocenters. The Balaban J connectivity index is 0. The number of rotatable bonds is 7. The van der Waals surface area contributed by atoms with Crippen LogP contribution in [0.4, 0.5) is 0 Å². The highest BCUT2D eigenvalue weighted by Gasteiger charge is 2.11. The molecule has 0 fully saturated rings. The van der Waals surface area contributed by atoms with E-state index in [9.17, 15) is 0 Å². The SMILES string of the molecule is CC.CCCCC(C)C(C)CCN(C)C. The van der Waals surface area contributed by atoms with E-state index < -0.39 is 0 Å². The van der Waals surface area contributed by atoms with Gasteiger partial charge in [0, 0.05) is 0 Å². The molecule has 0 N–H and O–H groups in total. The average molecular weight is 215 g/mol. The third kappa shape index (κ3) is 11.9. The van der Waals surface area contributed by atoms with Crippen LogP contribution in [0.3, 0.4) is 0 Å². The minimum Gasteiger partial charge on any atom is -0.309 e. The smallest absolute Gasteiger partial charge is 0.00222 e. The summed E-state index contributed by atoms with van der Waals surface area (Å²) in [5.41, 5.74) is 0. The lowest BCUT2D eigenvalue weighted by Gasteiger charge is -2.21. The maximum Gasteiger partial charge on any atom is -0.00222 e. The van der Waals surface area contributed by atoms with Crippen LogP contribution in [-0.2, 0) is 0 Å². The van der Waals surface area contributed by atoms with Crippen LogP contribution in [0, 0.1) is 11.8 Å². The predicted octanol–water partition coefficient (Wildman–Crippen LogP) is 4.43. The lowest BCUT2D eigenvalue weighted by atomic mass is 9.88. The van der Waals surface area contributed by atoms with Crippen LogP contribution >= 0.6 is 0 Å². The van der Waals surface area contributed by atoms with E-state index in [1.165, 1.54) is 32.2 Å². The number of hydrogen-bond donors (Lipinski definition) is 0. The fraction of sp³-hybridized carbons (Fsp3) is 1.00. The molecule has 0 aliphatic heterocycles.